The normalized spacial score (nSPS) is 22.2. The fourth-order valence-electron chi connectivity index (χ4n) is 1.63. The molecule has 0 saturated carbocycles. The van der Waals surface area contributed by atoms with Crippen molar-refractivity contribution in [1.82, 2.24) is 5.32 Å². The molecule has 2 rings (SSSR count). The zero-order chi connectivity index (χ0) is 7.52. The van der Waals surface area contributed by atoms with E-state index >= 15 is 0 Å². The molecule has 1 aliphatic rings. The molecule has 0 bridgehead atoms. The molecule has 0 aromatic carbocycles. The van der Waals surface area contributed by atoms with Gasteiger partial charge in [-0.2, -0.15) is 11.3 Å². The van der Waals surface area contributed by atoms with Crippen molar-refractivity contribution in [3.8, 4) is 0 Å². The third kappa shape index (κ3) is 2.47. The van der Waals surface area contributed by atoms with Gasteiger partial charge < -0.3 is 5.32 Å². The Bertz CT molecular complexity index is 204. The number of halogens is 1. The van der Waals surface area contributed by atoms with Gasteiger partial charge in [0.05, 0.1) is 0 Å². The Kier molecular flexibility index (Phi) is 4.06. The smallest absolute Gasteiger partial charge is 0.00169 e. The van der Waals surface area contributed by atoms with E-state index in [1.165, 1.54) is 31.5 Å². The maximum Gasteiger partial charge on any atom is -0.00169 e. The van der Waals surface area contributed by atoms with Crippen LogP contribution in [0.4, 0.5) is 0 Å². The van der Waals surface area contributed by atoms with E-state index in [0.717, 1.165) is 5.92 Å². The van der Waals surface area contributed by atoms with Gasteiger partial charge in [0.1, 0.15) is 0 Å². The molecule has 0 amide bonds. The van der Waals surface area contributed by atoms with Gasteiger partial charge in [-0.1, -0.05) is 0 Å². The first-order chi connectivity index (χ1) is 5.45. The summed E-state index contributed by atoms with van der Waals surface area (Å²) in [4.78, 5) is 0. The molecule has 0 radical (unpaired) electrons. The molecule has 1 atom stereocenters. The van der Waals surface area contributed by atoms with Crippen molar-refractivity contribution in [2.24, 2.45) is 5.92 Å². The molecule has 1 aromatic heterocycles. The molecule has 2 heterocycles. The first kappa shape index (κ1) is 10.0. The molecular formula is C9H14ClNS. The van der Waals surface area contributed by atoms with Crippen LogP contribution in [0.15, 0.2) is 16.8 Å². The molecule has 0 spiro atoms. The van der Waals surface area contributed by atoms with Crippen LogP contribution in [0.5, 0.6) is 0 Å². The monoisotopic (exact) mass is 203 g/mol. The van der Waals surface area contributed by atoms with Gasteiger partial charge in [0.25, 0.3) is 0 Å². The summed E-state index contributed by atoms with van der Waals surface area (Å²) in [5.41, 5.74) is 1.52. The van der Waals surface area contributed by atoms with Gasteiger partial charge in [0.15, 0.2) is 0 Å². The minimum absolute atomic E-state index is 0. The van der Waals surface area contributed by atoms with E-state index in [4.69, 9.17) is 0 Å². The topological polar surface area (TPSA) is 12.0 Å². The molecule has 0 aliphatic carbocycles. The first-order valence-corrected chi connectivity index (χ1v) is 5.11. The second kappa shape index (κ2) is 4.85. The van der Waals surface area contributed by atoms with Gasteiger partial charge in [-0.05, 0) is 54.2 Å². The van der Waals surface area contributed by atoms with Crippen molar-refractivity contribution >= 4 is 23.7 Å². The largest absolute Gasteiger partial charge is 0.316 e. The van der Waals surface area contributed by atoms with E-state index in [9.17, 15) is 0 Å². The highest BCUT2D eigenvalue weighted by Crippen LogP contribution is 2.16. The highest BCUT2D eigenvalue weighted by Gasteiger charge is 2.14. The average molecular weight is 204 g/mol. The molecule has 1 unspecified atom stereocenters. The molecule has 1 nitrogen and oxygen atoms in total. The lowest BCUT2D eigenvalue weighted by Crippen LogP contribution is -2.10. The molecule has 1 N–H and O–H groups in total. The SMILES string of the molecule is Cl.c1cc(CC2CCNC2)cs1. The van der Waals surface area contributed by atoms with Crippen molar-refractivity contribution in [3.05, 3.63) is 22.4 Å². The standard InChI is InChI=1S/C9H13NS.ClH/c1-3-10-6-8(1)5-9-2-4-11-7-9;/h2,4,7-8,10H,1,3,5-6H2;1H. The first-order valence-electron chi connectivity index (χ1n) is 4.17. The van der Waals surface area contributed by atoms with Crippen LogP contribution in [-0.4, -0.2) is 13.1 Å². The maximum absolute atomic E-state index is 3.39. The van der Waals surface area contributed by atoms with Crippen LogP contribution in [0, 0.1) is 5.92 Å². The molecule has 1 fully saturated rings. The molecule has 3 heteroatoms. The van der Waals surface area contributed by atoms with Crippen LogP contribution in [0.2, 0.25) is 0 Å². The lowest BCUT2D eigenvalue weighted by atomic mass is 10.0. The van der Waals surface area contributed by atoms with E-state index in [2.05, 4.69) is 22.1 Å². The summed E-state index contributed by atoms with van der Waals surface area (Å²) >= 11 is 1.80. The van der Waals surface area contributed by atoms with Crippen molar-refractivity contribution < 1.29 is 0 Å². The van der Waals surface area contributed by atoms with Crippen molar-refractivity contribution in [1.29, 1.82) is 0 Å². The number of rotatable bonds is 2. The molecular weight excluding hydrogens is 190 g/mol. The number of hydrogen-bond donors (Lipinski definition) is 1. The van der Waals surface area contributed by atoms with Gasteiger partial charge in [0.2, 0.25) is 0 Å². The minimum atomic E-state index is 0. The summed E-state index contributed by atoms with van der Waals surface area (Å²) in [6.45, 7) is 2.44. The number of hydrogen-bond acceptors (Lipinski definition) is 2. The second-order valence-electron chi connectivity index (χ2n) is 3.19. The van der Waals surface area contributed by atoms with Crippen LogP contribution >= 0.6 is 23.7 Å². The van der Waals surface area contributed by atoms with Crippen LogP contribution < -0.4 is 5.32 Å². The van der Waals surface area contributed by atoms with Gasteiger partial charge >= 0.3 is 0 Å². The van der Waals surface area contributed by atoms with Crippen molar-refractivity contribution in [3.63, 3.8) is 0 Å². The van der Waals surface area contributed by atoms with Gasteiger partial charge in [0, 0.05) is 0 Å². The zero-order valence-corrected chi connectivity index (χ0v) is 8.59. The minimum Gasteiger partial charge on any atom is -0.316 e. The van der Waals surface area contributed by atoms with E-state index in [1.807, 2.05) is 0 Å². The van der Waals surface area contributed by atoms with Crippen LogP contribution in [0.1, 0.15) is 12.0 Å². The number of nitrogens with one attached hydrogen (secondary N) is 1. The number of thiophene rings is 1. The highest BCUT2D eigenvalue weighted by atomic mass is 35.5. The third-order valence-corrected chi connectivity index (χ3v) is 3.00. The summed E-state index contributed by atoms with van der Waals surface area (Å²) in [5.74, 6) is 0.893. The fourth-order valence-corrected chi connectivity index (χ4v) is 2.31. The van der Waals surface area contributed by atoms with E-state index in [1.54, 1.807) is 11.3 Å². The third-order valence-electron chi connectivity index (χ3n) is 2.27. The Morgan fingerprint density at radius 3 is 3.08 bits per heavy atom. The van der Waals surface area contributed by atoms with Gasteiger partial charge in [-0.15, -0.1) is 12.4 Å². The summed E-state index contributed by atoms with van der Waals surface area (Å²) in [6.07, 6.45) is 2.63. The fraction of sp³-hybridized carbons (Fsp3) is 0.556. The van der Waals surface area contributed by atoms with Crippen LogP contribution in [0.3, 0.4) is 0 Å². The summed E-state index contributed by atoms with van der Waals surface area (Å²) in [5, 5.41) is 7.81. The Morgan fingerprint density at radius 2 is 2.50 bits per heavy atom. The maximum atomic E-state index is 3.39. The molecule has 1 aliphatic heterocycles. The quantitative estimate of drug-likeness (QED) is 0.778. The Labute approximate surface area is 83.6 Å². The van der Waals surface area contributed by atoms with Crippen molar-refractivity contribution in [2.75, 3.05) is 13.1 Å². The van der Waals surface area contributed by atoms with Crippen molar-refractivity contribution in [2.45, 2.75) is 12.8 Å². The second-order valence-corrected chi connectivity index (χ2v) is 3.97. The Hall–Kier alpha value is -0.0500. The van der Waals surface area contributed by atoms with E-state index in [0.29, 0.717) is 0 Å². The van der Waals surface area contributed by atoms with Gasteiger partial charge in [-0.3, -0.25) is 0 Å². The van der Waals surface area contributed by atoms with Crippen LogP contribution in [0.25, 0.3) is 0 Å². The molecule has 68 valence electrons. The Balaban J connectivity index is 0.000000720. The highest BCUT2D eigenvalue weighted by molar-refractivity contribution is 7.07. The summed E-state index contributed by atoms with van der Waals surface area (Å²) < 4.78 is 0. The van der Waals surface area contributed by atoms with E-state index < -0.39 is 0 Å². The summed E-state index contributed by atoms with van der Waals surface area (Å²) in [7, 11) is 0. The predicted molar refractivity (Wildman–Crippen MR) is 56.2 cm³/mol. The molecule has 1 aromatic rings. The summed E-state index contributed by atoms with van der Waals surface area (Å²) in [6, 6.07) is 2.24. The zero-order valence-electron chi connectivity index (χ0n) is 6.95. The van der Waals surface area contributed by atoms with E-state index in [-0.39, 0.29) is 12.4 Å². The average Bonchev–Trinajstić information content (AvgIpc) is 2.60. The molecule has 1 saturated heterocycles. The lowest BCUT2D eigenvalue weighted by molar-refractivity contribution is 0.581. The predicted octanol–water partition coefficient (Wildman–Crippen LogP) is 2.32. The lowest BCUT2D eigenvalue weighted by Gasteiger charge is -2.04. The molecule has 12 heavy (non-hydrogen) atoms. The Morgan fingerprint density at radius 1 is 1.58 bits per heavy atom. The van der Waals surface area contributed by atoms with Crippen LogP contribution in [-0.2, 0) is 6.42 Å². The van der Waals surface area contributed by atoms with Gasteiger partial charge in [-0.25, -0.2) is 0 Å².